The van der Waals surface area contributed by atoms with Gasteiger partial charge < -0.3 is 15.7 Å². The first kappa shape index (κ1) is 13.1. The summed E-state index contributed by atoms with van der Waals surface area (Å²) in [6, 6.07) is 2.07. The Hall–Kier alpha value is -1.34. The second kappa shape index (κ2) is 5.11. The first-order valence-electron chi connectivity index (χ1n) is 5.65. The van der Waals surface area contributed by atoms with E-state index in [1.165, 1.54) is 6.07 Å². The van der Waals surface area contributed by atoms with Crippen LogP contribution < -0.4 is 10.6 Å². The van der Waals surface area contributed by atoms with Gasteiger partial charge in [0.05, 0.1) is 17.7 Å². The van der Waals surface area contributed by atoms with Crippen molar-refractivity contribution in [2.24, 2.45) is 0 Å². The molecule has 0 amide bonds. The lowest BCUT2D eigenvalue weighted by molar-refractivity contribution is -0.137. The highest BCUT2D eigenvalue weighted by Crippen LogP contribution is 2.29. The minimum atomic E-state index is -4.38. The summed E-state index contributed by atoms with van der Waals surface area (Å²) in [7, 11) is 0. The van der Waals surface area contributed by atoms with Gasteiger partial charge in [-0.3, -0.25) is 0 Å². The van der Waals surface area contributed by atoms with E-state index < -0.39 is 17.8 Å². The van der Waals surface area contributed by atoms with Gasteiger partial charge in [0, 0.05) is 12.7 Å². The molecular weight excluding hydrogens is 247 g/mol. The lowest BCUT2D eigenvalue weighted by atomic mass is 10.0. The van der Waals surface area contributed by atoms with Crippen molar-refractivity contribution in [3.8, 4) is 0 Å². The maximum atomic E-state index is 12.3. The van der Waals surface area contributed by atoms with E-state index in [1.54, 1.807) is 0 Å². The van der Waals surface area contributed by atoms with Gasteiger partial charge in [0.2, 0.25) is 0 Å². The predicted octanol–water partition coefficient (Wildman–Crippen LogP) is 1.24. The molecule has 1 saturated heterocycles. The lowest BCUT2D eigenvalue weighted by Gasteiger charge is -2.29. The van der Waals surface area contributed by atoms with Gasteiger partial charge in [-0.15, -0.1) is 0 Å². The summed E-state index contributed by atoms with van der Waals surface area (Å²) in [4.78, 5) is 3.71. The maximum absolute atomic E-state index is 12.3. The van der Waals surface area contributed by atoms with Crippen LogP contribution in [0.4, 0.5) is 19.0 Å². The first-order valence-corrected chi connectivity index (χ1v) is 5.65. The number of aliphatic hydroxyl groups is 1. The Labute approximate surface area is 102 Å². The highest BCUT2D eigenvalue weighted by atomic mass is 19.4. The number of rotatable bonds is 2. The molecule has 2 rings (SSSR count). The first-order chi connectivity index (χ1) is 8.47. The van der Waals surface area contributed by atoms with Crippen molar-refractivity contribution in [3.05, 3.63) is 23.9 Å². The normalized spacial score (nSPS) is 24.9. The molecule has 0 radical (unpaired) electrons. The van der Waals surface area contributed by atoms with E-state index in [2.05, 4.69) is 15.6 Å². The Morgan fingerprint density at radius 1 is 1.39 bits per heavy atom. The van der Waals surface area contributed by atoms with Gasteiger partial charge in [0.15, 0.2) is 0 Å². The Kier molecular flexibility index (Phi) is 3.72. The number of nitrogens with one attached hydrogen (secondary N) is 2. The number of aliphatic hydroxyl groups excluding tert-OH is 1. The highest BCUT2D eigenvalue weighted by Gasteiger charge is 2.31. The van der Waals surface area contributed by atoms with Crippen molar-refractivity contribution in [1.29, 1.82) is 0 Å². The van der Waals surface area contributed by atoms with E-state index in [-0.39, 0.29) is 6.04 Å². The molecule has 2 heterocycles. The van der Waals surface area contributed by atoms with Crippen molar-refractivity contribution in [2.75, 3.05) is 18.4 Å². The molecule has 4 nitrogen and oxygen atoms in total. The molecule has 1 aliphatic rings. The van der Waals surface area contributed by atoms with E-state index in [4.69, 9.17) is 0 Å². The number of aromatic nitrogens is 1. The van der Waals surface area contributed by atoms with Crippen LogP contribution in [-0.4, -0.2) is 35.3 Å². The highest BCUT2D eigenvalue weighted by molar-refractivity contribution is 5.37. The van der Waals surface area contributed by atoms with Gasteiger partial charge in [0.25, 0.3) is 0 Å². The van der Waals surface area contributed by atoms with Crippen LogP contribution in [0, 0.1) is 0 Å². The predicted molar refractivity (Wildman–Crippen MR) is 60.1 cm³/mol. The van der Waals surface area contributed by atoms with Gasteiger partial charge in [-0.05, 0) is 25.1 Å². The van der Waals surface area contributed by atoms with Gasteiger partial charge >= 0.3 is 6.18 Å². The van der Waals surface area contributed by atoms with Crippen molar-refractivity contribution in [2.45, 2.75) is 24.7 Å². The second-order valence-corrected chi connectivity index (χ2v) is 4.24. The van der Waals surface area contributed by atoms with Crippen molar-refractivity contribution in [1.82, 2.24) is 10.3 Å². The number of alkyl halides is 3. The number of nitrogens with zero attached hydrogens (tertiary/aromatic N) is 1. The zero-order valence-corrected chi connectivity index (χ0v) is 9.54. The molecule has 3 N–H and O–H groups in total. The number of hydrogen-bond donors (Lipinski definition) is 3. The number of anilines is 1. The van der Waals surface area contributed by atoms with Crippen LogP contribution in [0.15, 0.2) is 18.3 Å². The number of piperidine rings is 1. The third-order valence-electron chi connectivity index (χ3n) is 2.87. The number of halogens is 3. The average Bonchev–Trinajstić information content (AvgIpc) is 2.32. The fraction of sp³-hybridized carbons (Fsp3) is 0.545. The zero-order valence-electron chi connectivity index (χ0n) is 9.54. The fourth-order valence-electron chi connectivity index (χ4n) is 1.85. The largest absolute Gasteiger partial charge is 0.417 e. The van der Waals surface area contributed by atoms with Crippen molar-refractivity contribution >= 4 is 5.82 Å². The molecule has 2 atom stereocenters. The standard InChI is InChI=1S/C11H14F3N3O/c12-11(13,14)7-1-2-10(16-5-7)17-8-3-4-15-6-9(8)18/h1-2,5,8-9,15,18H,3-4,6H2,(H,16,17). The molecule has 0 saturated carbocycles. The molecular formula is C11H14F3N3O. The smallest absolute Gasteiger partial charge is 0.390 e. The van der Waals surface area contributed by atoms with Crippen molar-refractivity contribution < 1.29 is 18.3 Å². The minimum absolute atomic E-state index is 0.185. The van der Waals surface area contributed by atoms with Gasteiger partial charge in [-0.2, -0.15) is 13.2 Å². The summed E-state index contributed by atoms with van der Waals surface area (Å²) in [5.74, 6) is 0.342. The Morgan fingerprint density at radius 2 is 2.17 bits per heavy atom. The van der Waals surface area contributed by atoms with Crippen LogP contribution in [0.25, 0.3) is 0 Å². The summed E-state index contributed by atoms with van der Waals surface area (Å²) < 4.78 is 37.0. The SMILES string of the molecule is OC1CNCCC1Nc1ccc(C(F)(F)F)cn1. The van der Waals surface area contributed by atoms with E-state index >= 15 is 0 Å². The molecule has 0 aromatic carbocycles. The van der Waals surface area contributed by atoms with Crippen LogP contribution >= 0.6 is 0 Å². The van der Waals surface area contributed by atoms with Gasteiger partial charge in [-0.25, -0.2) is 4.98 Å². The zero-order chi connectivity index (χ0) is 13.2. The van der Waals surface area contributed by atoms with Crippen LogP contribution in [0.1, 0.15) is 12.0 Å². The Balaban J connectivity index is 2.02. The van der Waals surface area contributed by atoms with E-state index in [0.717, 1.165) is 18.8 Å². The Morgan fingerprint density at radius 3 is 2.72 bits per heavy atom. The molecule has 1 aromatic heterocycles. The molecule has 2 unspecified atom stereocenters. The van der Waals surface area contributed by atoms with Gasteiger partial charge in [-0.1, -0.05) is 0 Å². The molecule has 0 spiro atoms. The fourth-order valence-corrected chi connectivity index (χ4v) is 1.85. The van der Waals surface area contributed by atoms with E-state index in [1.807, 2.05) is 0 Å². The van der Waals surface area contributed by atoms with E-state index in [9.17, 15) is 18.3 Å². The minimum Gasteiger partial charge on any atom is -0.390 e. The van der Waals surface area contributed by atoms with Crippen LogP contribution in [0.5, 0.6) is 0 Å². The molecule has 100 valence electrons. The third kappa shape index (κ3) is 3.11. The van der Waals surface area contributed by atoms with Crippen LogP contribution in [0.2, 0.25) is 0 Å². The third-order valence-corrected chi connectivity index (χ3v) is 2.87. The maximum Gasteiger partial charge on any atom is 0.417 e. The second-order valence-electron chi connectivity index (χ2n) is 4.24. The summed E-state index contributed by atoms with van der Waals surface area (Å²) in [5.41, 5.74) is -0.779. The summed E-state index contributed by atoms with van der Waals surface area (Å²) in [6.45, 7) is 1.23. The lowest BCUT2D eigenvalue weighted by Crippen LogP contribution is -2.47. The quantitative estimate of drug-likeness (QED) is 0.749. The van der Waals surface area contributed by atoms with Gasteiger partial charge in [0.1, 0.15) is 5.82 Å². The van der Waals surface area contributed by atoms with Crippen LogP contribution in [-0.2, 0) is 6.18 Å². The molecule has 0 bridgehead atoms. The van der Waals surface area contributed by atoms with Crippen LogP contribution in [0.3, 0.4) is 0 Å². The molecule has 7 heteroatoms. The summed E-state index contributed by atoms with van der Waals surface area (Å²) in [5, 5.41) is 15.6. The molecule has 1 aliphatic heterocycles. The summed E-state index contributed by atoms with van der Waals surface area (Å²) >= 11 is 0. The molecule has 18 heavy (non-hydrogen) atoms. The summed E-state index contributed by atoms with van der Waals surface area (Å²) in [6.07, 6.45) is -3.46. The average molecular weight is 261 g/mol. The Bertz CT molecular complexity index is 394. The number of hydrogen-bond acceptors (Lipinski definition) is 4. The molecule has 1 fully saturated rings. The monoisotopic (exact) mass is 261 g/mol. The van der Waals surface area contributed by atoms with E-state index in [0.29, 0.717) is 18.8 Å². The van der Waals surface area contributed by atoms with Crippen molar-refractivity contribution in [3.63, 3.8) is 0 Å². The topological polar surface area (TPSA) is 57.2 Å². The number of pyridine rings is 1. The number of β-amino-alcohol motifs (C(OH)–C–C–N with tert-alkyl or cyclic N) is 1. The molecule has 0 aliphatic carbocycles. The molecule has 1 aromatic rings.